The van der Waals surface area contributed by atoms with E-state index in [1.165, 1.54) is 7.11 Å². The van der Waals surface area contributed by atoms with E-state index in [2.05, 4.69) is 10.1 Å². The number of amides is 1. The lowest BCUT2D eigenvalue weighted by Crippen LogP contribution is -2.50. The number of hydrogen-bond acceptors (Lipinski definition) is 8. The molecule has 0 heterocycles. The molecule has 0 spiro atoms. The Balaban J connectivity index is 2.94. The van der Waals surface area contributed by atoms with E-state index in [1.54, 1.807) is 20.8 Å². The van der Waals surface area contributed by atoms with Crippen LogP contribution in [0.25, 0.3) is 0 Å². The number of ether oxygens (including phenoxy) is 3. The first-order valence-corrected chi connectivity index (χ1v) is 8.74. The molecule has 2 unspecified atom stereocenters. The molecule has 0 radical (unpaired) electrons. The van der Waals surface area contributed by atoms with Crippen molar-refractivity contribution in [3.8, 4) is 0 Å². The maximum Gasteiger partial charge on any atom is 0.408 e. The number of rotatable bonds is 8. The van der Waals surface area contributed by atoms with Crippen LogP contribution < -0.4 is 5.32 Å². The molecule has 1 aliphatic carbocycles. The van der Waals surface area contributed by atoms with E-state index in [0.29, 0.717) is 19.3 Å². The molecule has 0 saturated heterocycles. The van der Waals surface area contributed by atoms with Gasteiger partial charge < -0.3 is 19.5 Å². The molecule has 27 heavy (non-hydrogen) atoms. The Kier molecular flexibility index (Phi) is 7.55. The fourth-order valence-electron chi connectivity index (χ4n) is 3.03. The lowest BCUT2D eigenvalue weighted by Gasteiger charge is -2.35. The summed E-state index contributed by atoms with van der Waals surface area (Å²) in [6.45, 7) is 4.98. The predicted octanol–water partition coefficient (Wildman–Crippen LogP) is 1.82. The number of hydrogen-bond donors (Lipinski definition) is 1. The monoisotopic (exact) mass is 388 g/mol. The summed E-state index contributed by atoms with van der Waals surface area (Å²) in [4.78, 5) is 47.3. The number of carbonyl (C=O) groups excluding carboxylic acids is 3. The highest BCUT2D eigenvalue weighted by molar-refractivity contribution is 5.82. The van der Waals surface area contributed by atoms with Crippen molar-refractivity contribution >= 4 is 18.0 Å². The van der Waals surface area contributed by atoms with Crippen molar-refractivity contribution in [2.75, 3.05) is 14.2 Å². The Morgan fingerprint density at radius 1 is 1.15 bits per heavy atom. The first-order valence-electron chi connectivity index (χ1n) is 8.74. The molecule has 1 N–H and O–H groups in total. The molecule has 1 aliphatic rings. The number of esters is 2. The summed E-state index contributed by atoms with van der Waals surface area (Å²) in [6.07, 6.45) is 0.302. The van der Waals surface area contributed by atoms with E-state index >= 15 is 0 Å². The average molecular weight is 388 g/mol. The second-order valence-electron chi connectivity index (χ2n) is 7.72. The zero-order valence-corrected chi connectivity index (χ0v) is 16.4. The highest BCUT2D eigenvalue weighted by Gasteiger charge is 2.52. The standard InChI is InChI=1S/C17H28N2O8/c1-16(2,3)27-15(22)18-12(14(21)26-5)9-11(13(20)25-4)10-17(19(23)24)7-6-8-17/h11-12H,6-10H2,1-5H3,(H,18,22). The summed E-state index contributed by atoms with van der Waals surface area (Å²) in [5, 5.41) is 13.8. The van der Waals surface area contributed by atoms with E-state index in [0.717, 1.165) is 7.11 Å². The number of carbonyl (C=O) groups is 3. The first kappa shape index (κ1) is 22.7. The van der Waals surface area contributed by atoms with Crippen LogP contribution in [0, 0.1) is 16.0 Å². The van der Waals surface area contributed by atoms with Crippen LogP contribution in [0.4, 0.5) is 4.79 Å². The highest BCUT2D eigenvalue weighted by atomic mass is 16.6. The van der Waals surface area contributed by atoms with Gasteiger partial charge >= 0.3 is 18.0 Å². The van der Waals surface area contributed by atoms with Crippen molar-refractivity contribution in [1.29, 1.82) is 0 Å². The lowest BCUT2D eigenvalue weighted by atomic mass is 9.71. The van der Waals surface area contributed by atoms with Crippen LogP contribution in [0.5, 0.6) is 0 Å². The molecule has 2 atom stereocenters. The van der Waals surface area contributed by atoms with Gasteiger partial charge in [0.15, 0.2) is 0 Å². The largest absolute Gasteiger partial charge is 0.469 e. The maximum absolute atomic E-state index is 12.2. The molecule has 1 rings (SSSR count). The van der Waals surface area contributed by atoms with Crippen molar-refractivity contribution in [3.63, 3.8) is 0 Å². The van der Waals surface area contributed by atoms with E-state index in [1.807, 2.05) is 0 Å². The normalized spacial score (nSPS) is 17.7. The molecule has 0 aromatic carbocycles. The van der Waals surface area contributed by atoms with Crippen molar-refractivity contribution in [3.05, 3.63) is 10.1 Å². The Morgan fingerprint density at radius 3 is 2.07 bits per heavy atom. The van der Waals surface area contributed by atoms with Gasteiger partial charge in [0.2, 0.25) is 5.54 Å². The van der Waals surface area contributed by atoms with Gasteiger partial charge in [-0.05, 0) is 33.6 Å². The van der Waals surface area contributed by atoms with E-state index < -0.39 is 41.1 Å². The lowest BCUT2D eigenvalue weighted by molar-refractivity contribution is -0.588. The average Bonchev–Trinajstić information content (AvgIpc) is 2.52. The summed E-state index contributed by atoms with van der Waals surface area (Å²) in [5.74, 6) is -2.40. The topological polar surface area (TPSA) is 134 Å². The molecule has 0 aromatic rings. The molecule has 0 aromatic heterocycles. The Morgan fingerprint density at radius 2 is 1.70 bits per heavy atom. The van der Waals surface area contributed by atoms with Crippen LogP contribution in [0.15, 0.2) is 0 Å². The Labute approximate surface area is 158 Å². The molecule has 1 amide bonds. The predicted molar refractivity (Wildman–Crippen MR) is 93.5 cm³/mol. The van der Waals surface area contributed by atoms with Crippen molar-refractivity contribution in [1.82, 2.24) is 5.32 Å². The van der Waals surface area contributed by atoms with Gasteiger partial charge in [0.05, 0.1) is 20.1 Å². The van der Waals surface area contributed by atoms with Crippen LogP contribution >= 0.6 is 0 Å². The molecule has 0 bridgehead atoms. The molecular formula is C17H28N2O8. The fourth-order valence-corrected chi connectivity index (χ4v) is 3.03. The van der Waals surface area contributed by atoms with Gasteiger partial charge in [0.25, 0.3) is 0 Å². The first-order chi connectivity index (χ1) is 12.4. The smallest absolute Gasteiger partial charge is 0.408 e. The molecule has 1 saturated carbocycles. The number of alkyl carbamates (subject to hydrolysis) is 1. The van der Waals surface area contributed by atoms with Gasteiger partial charge in [-0.1, -0.05) is 0 Å². The zero-order chi connectivity index (χ0) is 20.8. The third-order valence-corrected chi connectivity index (χ3v) is 4.53. The van der Waals surface area contributed by atoms with Crippen LogP contribution in [0.3, 0.4) is 0 Å². The maximum atomic E-state index is 12.2. The van der Waals surface area contributed by atoms with Crippen LogP contribution in [-0.4, -0.2) is 54.4 Å². The van der Waals surface area contributed by atoms with E-state index in [4.69, 9.17) is 9.47 Å². The Hall–Kier alpha value is -2.39. The zero-order valence-electron chi connectivity index (χ0n) is 16.4. The minimum Gasteiger partial charge on any atom is -0.469 e. The van der Waals surface area contributed by atoms with Gasteiger partial charge in [-0.25, -0.2) is 9.59 Å². The van der Waals surface area contributed by atoms with Gasteiger partial charge in [0, 0.05) is 24.2 Å². The Bertz CT molecular complexity index is 580. The number of nitro groups is 1. The van der Waals surface area contributed by atoms with Gasteiger partial charge in [-0.2, -0.15) is 0 Å². The summed E-state index contributed by atoms with van der Waals surface area (Å²) in [7, 11) is 2.31. The third-order valence-electron chi connectivity index (χ3n) is 4.53. The molecule has 10 nitrogen and oxygen atoms in total. The molecule has 154 valence electrons. The third kappa shape index (κ3) is 6.37. The van der Waals surface area contributed by atoms with E-state index in [-0.39, 0.29) is 17.8 Å². The number of methoxy groups -OCH3 is 2. The summed E-state index contributed by atoms with van der Waals surface area (Å²) in [5.41, 5.74) is -1.99. The molecule has 10 heteroatoms. The summed E-state index contributed by atoms with van der Waals surface area (Å²) in [6, 6.07) is -1.20. The van der Waals surface area contributed by atoms with Crippen LogP contribution in [0.2, 0.25) is 0 Å². The van der Waals surface area contributed by atoms with Gasteiger partial charge in [0.1, 0.15) is 11.6 Å². The van der Waals surface area contributed by atoms with Crippen LogP contribution in [-0.2, 0) is 23.8 Å². The molecular weight excluding hydrogens is 360 g/mol. The van der Waals surface area contributed by atoms with Gasteiger partial charge in [-0.3, -0.25) is 14.9 Å². The highest BCUT2D eigenvalue weighted by Crippen LogP contribution is 2.41. The second kappa shape index (κ2) is 9.01. The fraction of sp³-hybridized carbons (Fsp3) is 0.824. The number of nitrogens with zero attached hydrogens (tertiary/aromatic N) is 1. The second-order valence-corrected chi connectivity index (χ2v) is 7.72. The number of nitrogens with one attached hydrogen (secondary N) is 1. The van der Waals surface area contributed by atoms with Gasteiger partial charge in [-0.15, -0.1) is 0 Å². The molecule has 1 fully saturated rings. The van der Waals surface area contributed by atoms with E-state index in [9.17, 15) is 24.5 Å². The minimum atomic E-state index is -1.20. The summed E-state index contributed by atoms with van der Waals surface area (Å²) < 4.78 is 14.5. The van der Waals surface area contributed by atoms with Crippen LogP contribution in [0.1, 0.15) is 52.9 Å². The molecule has 0 aliphatic heterocycles. The minimum absolute atomic E-state index is 0.0732. The quantitative estimate of drug-likeness (QED) is 0.288. The van der Waals surface area contributed by atoms with Crippen molar-refractivity contribution < 1.29 is 33.5 Å². The summed E-state index contributed by atoms with van der Waals surface area (Å²) >= 11 is 0. The SMILES string of the molecule is COC(=O)C(CC(NC(=O)OC(C)(C)C)C(=O)OC)CC1([N+](=O)[O-])CCC1. The van der Waals surface area contributed by atoms with Crippen molar-refractivity contribution in [2.24, 2.45) is 5.92 Å². The van der Waals surface area contributed by atoms with Crippen molar-refractivity contribution in [2.45, 2.75) is 70.1 Å².